The lowest BCUT2D eigenvalue weighted by Crippen LogP contribution is -2.38. The van der Waals surface area contributed by atoms with Crippen LogP contribution in [0.15, 0.2) is 23.3 Å². The van der Waals surface area contributed by atoms with E-state index in [-0.39, 0.29) is 5.56 Å². The van der Waals surface area contributed by atoms with Gasteiger partial charge in [-0.3, -0.25) is 14.8 Å². The van der Waals surface area contributed by atoms with Crippen LogP contribution in [0.4, 0.5) is 5.95 Å². The predicted molar refractivity (Wildman–Crippen MR) is 63.2 cm³/mol. The number of aromatic amines is 1. The first-order valence-electron chi connectivity index (χ1n) is 5.51. The SMILES string of the molecule is O=c1[nH]c(N2CCOCC2)nc2cnccc12. The van der Waals surface area contributed by atoms with Crippen LogP contribution in [0, 0.1) is 0 Å². The molecule has 0 radical (unpaired) electrons. The molecule has 2 aromatic rings. The summed E-state index contributed by atoms with van der Waals surface area (Å²) < 4.78 is 5.27. The second kappa shape index (κ2) is 4.14. The first kappa shape index (κ1) is 10.2. The number of hydrogen-bond donors (Lipinski definition) is 1. The van der Waals surface area contributed by atoms with E-state index in [0.717, 1.165) is 13.1 Å². The number of anilines is 1. The molecule has 1 fully saturated rings. The van der Waals surface area contributed by atoms with Gasteiger partial charge in [0.05, 0.1) is 30.3 Å². The van der Waals surface area contributed by atoms with Crippen molar-refractivity contribution in [1.29, 1.82) is 0 Å². The van der Waals surface area contributed by atoms with Crippen LogP contribution >= 0.6 is 0 Å². The van der Waals surface area contributed by atoms with Gasteiger partial charge in [0.2, 0.25) is 5.95 Å². The third kappa shape index (κ3) is 1.87. The first-order chi connectivity index (χ1) is 8.34. The number of ether oxygens (including phenoxy) is 1. The quantitative estimate of drug-likeness (QED) is 0.758. The molecule has 0 spiro atoms. The Hall–Kier alpha value is -1.95. The van der Waals surface area contributed by atoms with E-state index in [1.165, 1.54) is 0 Å². The molecule has 0 aromatic carbocycles. The molecule has 0 amide bonds. The molecule has 0 aliphatic carbocycles. The summed E-state index contributed by atoms with van der Waals surface area (Å²) in [4.78, 5) is 25.1. The minimum Gasteiger partial charge on any atom is -0.378 e. The summed E-state index contributed by atoms with van der Waals surface area (Å²) in [5.74, 6) is 0.596. The standard InChI is InChI=1S/C11H12N4O2/c16-10-8-1-2-12-7-9(8)13-11(14-10)15-3-5-17-6-4-15/h1-2,7H,3-6H2,(H,13,14,16). The summed E-state index contributed by atoms with van der Waals surface area (Å²) in [5, 5.41) is 0.567. The van der Waals surface area contributed by atoms with Gasteiger partial charge < -0.3 is 9.64 Å². The van der Waals surface area contributed by atoms with Crippen molar-refractivity contribution in [2.75, 3.05) is 31.2 Å². The minimum absolute atomic E-state index is 0.126. The number of fused-ring (bicyclic) bond motifs is 1. The number of morpholine rings is 1. The Bertz CT molecular complexity index is 589. The summed E-state index contributed by atoms with van der Waals surface area (Å²) in [7, 11) is 0. The number of hydrogen-bond acceptors (Lipinski definition) is 5. The maximum atomic E-state index is 11.9. The molecule has 1 N–H and O–H groups in total. The van der Waals surface area contributed by atoms with E-state index < -0.39 is 0 Å². The van der Waals surface area contributed by atoms with E-state index in [4.69, 9.17) is 4.74 Å². The van der Waals surface area contributed by atoms with Crippen molar-refractivity contribution in [2.24, 2.45) is 0 Å². The van der Waals surface area contributed by atoms with Crippen molar-refractivity contribution in [3.63, 3.8) is 0 Å². The van der Waals surface area contributed by atoms with E-state index in [1.807, 2.05) is 4.90 Å². The van der Waals surface area contributed by atoms with Crippen molar-refractivity contribution < 1.29 is 4.74 Å². The van der Waals surface area contributed by atoms with Crippen LogP contribution in [0.2, 0.25) is 0 Å². The second-order valence-electron chi connectivity index (χ2n) is 3.88. The maximum absolute atomic E-state index is 11.9. The molecule has 3 rings (SSSR count). The highest BCUT2D eigenvalue weighted by Crippen LogP contribution is 2.11. The number of pyridine rings is 1. The van der Waals surface area contributed by atoms with Gasteiger partial charge >= 0.3 is 0 Å². The molecule has 0 saturated carbocycles. The Morgan fingerprint density at radius 2 is 2.18 bits per heavy atom. The molecular formula is C11H12N4O2. The number of nitrogens with zero attached hydrogens (tertiary/aromatic N) is 3. The summed E-state index contributed by atoms with van der Waals surface area (Å²) >= 11 is 0. The highest BCUT2D eigenvalue weighted by atomic mass is 16.5. The fraction of sp³-hybridized carbons (Fsp3) is 0.364. The fourth-order valence-electron chi connectivity index (χ4n) is 1.90. The molecule has 1 aliphatic rings. The van der Waals surface area contributed by atoms with E-state index in [2.05, 4.69) is 15.0 Å². The molecule has 0 atom stereocenters. The van der Waals surface area contributed by atoms with Gasteiger partial charge in [0.15, 0.2) is 0 Å². The van der Waals surface area contributed by atoms with Crippen LogP contribution in [0.5, 0.6) is 0 Å². The molecule has 0 bridgehead atoms. The Kier molecular flexibility index (Phi) is 2.49. The third-order valence-corrected chi connectivity index (χ3v) is 2.81. The zero-order valence-electron chi connectivity index (χ0n) is 9.22. The summed E-state index contributed by atoms with van der Waals surface area (Å²) in [6.07, 6.45) is 3.20. The maximum Gasteiger partial charge on any atom is 0.260 e. The zero-order chi connectivity index (χ0) is 11.7. The van der Waals surface area contributed by atoms with Crippen LogP contribution in [0.25, 0.3) is 10.9 Å². The highest BCUT2D eigenvalue weighted by molar-refractivity contribution is 5.77. The topological polar surface area (TPSA) is 71.1 Å². The average Bonchev–Trinajstić information content (AvgIpc) is 2.40. The van der Waals surface area contributed by atoms with E-state index in [1.54, 1.807) is 18.5 Å². The number of nitrogens with one attached hydrogen (secondary N) is 1. The summed E-state index contributed by atoms with van der Waals surface area (Å²) in [5.41, 5.74) is 0.497. The number of aromatic nitrogens is 3. The molecule has 6 nitrogen and oxygen atoms in total. The van der Waals surface area contributed by atoms with E-state index >= 15 is 0 Å². The number of H-pyrrole nitrogens is 1. The van der Waals surface area contributed by atoms with Gasteiger partial charge in [0, 0.05) is 19.3 Å². The van der Waals surface area contributed by atoms with Crippen LogP contribution in [-0.4, -0.2) is 41.3 Å². The lowest BCUT2D eigenvalue weighted by atomic mass is 10.3. The molecule has 3 heterocycles. The monoisotopic (exact) mass is 232 g/mol. The molecule has 6 heteroatoms. The van der Waals surface area contributed by atoms with Crippen molar-refractivity contribution in [2.45, 2.75) is 0 Å². The van der Waals surface area contributed by atoms with E-state index in [0.29, 0.717) is 30.1 Å². The molecule has 88 valence electrons. The predicted octanol–water partition coefficient (Wildman–Crippen LogP) is 0.155. The van der Waals surface area contributed by atoms with Crippen LogP contribution in [-0.2, 0) is 4.74 Å². The Morgan fingerprint density at radius 1 is 1.35 bits per heavy atom. The van der Waals surface area contributed by atoms with Crippen molar-refractivity contribution in [3.05, 3.63) is 28.8 Å². The fourth-order valence-corrected chi connectivity index (χ4v) is 1.90. The second-order valence-corrected chi connectivity index (χ2v) is 3.88. The molecule has 1 saturated heterocycles. The molecule has 2 aromatic heterocycles. The van der Waals surface area contributed by atoms with Gasteiger partial charge in [-0.05, 0) is 6.07 Å². The highest BCUT2D eigenvalue weighted by Gasteiger charge is 2.14. The summed E-state index contributed by atoms with van der Waals surface area (Å²) in [6.45, 7) is 2.81. The van der Waals surface area contributed by atoms with Crippen molar-refractivity contribution >= 4 is 16.9 Å². The minimum atomic E-state index is -0.126. The van der Waals surface area contributed by atoms with Gasteiger partial charge in [-0.25, -0.2) is 4.98 Å². The zero-order valence-corrected chi connectivity index (χ0v) is 9.22. The van der Waals surface area contributed by atoms with Gasteiger partial charge in [0.1, 0.15) is 0 Å². The van der Waals surface area contributed by atoms with Crippen LogP contribution < -0.4 is 10.5 Å². The molecule has 0 unspecified atom stereocenters. The molecule has 1 aliphatic heterocycles. The first-order valence-corrected chi connectivity index (χ1v) is 5.51. The largest absolute Gasteiger partial charge is 0.378 e. The number of rotatable bonds is 1. The van der Waals surface area contributed by atoms with Crippen molar-refractivity contribution in [1.82, 2.24) is 15.0 Å². The Morgan fingerprint density at radius 3 is 3.00 bits per heavy atom. The van der Waals surface area contributed by atoms with E-state index in [9.17, 15) is 4.79 Å². The van der Waals surface area contributed by atoms with Gasteiger partial charge in [-0.2, -0.15) is 0 Å². The van der Waals surface area contributed by atoms with Gasteiger partial charge in [-0.15, -0.1) is 0 Å². The van der Waals surface area contributed by atoms with Crippen LogP contribution in [0.1, 0.15) is 0 Å². The lowest BCUT2D eigenvalue weighted by Gasteiger charge is -2.27. The average molecular weight is 232 g/mol. The normalized spacial score (nSPS) is 16.4. The Labute approximate surface area is 97.3 Å². The summed E-state index contributed by atoms with van der Waals surface area (Å²) in [6, 6.07) is 1.67. The smallest absolute Gasteiger partial charge is 0.260 e. The van der Waals surface area contributed by atoms with Gasteiger partial charge in [-0.1, -0.05) is 0 Å². The lowest BCUT2D eigenvalue weighted by molar-refractivity contribution is 0.122. The van der Waals surface area contributed by atoms with Gasteiger partial charge in [0.25, 0.3) is 5.56 Å². The van der Waals surface area contributed by atoms with Crippen LogP contribution in [0.3, 0.4) is 0 Å². The third-order valence-electron chi connectivity index (χ3n) is 2.81. The van der Waals surface area contributed by atoms with Crippen molar-refractivity contribution in [3.8, 4) is 0 Å². The molecule has 17 heavy (non-hydrogen) atoms. The molecular weight excluding hydrogens is 220 g/mol. The Balaban J connectivity index is 2.08.